The minimum Gasteiger partial charge on any atom is -0.378 e. The molecule has 0 radical (unpaired) electrons. The van der Waals surface area contributed by atoms with Crippen molar-refractivity contribution >= 4 is 32.5 Å². The number of nitrogens with zero attached hydrogens (tertiary/aromatic N) is 3. The highest BCUT2D eigenvalue weighted by atomic mass is 79.9. The van der Waals surface area contributed by atoms with E-state index in [-0.39, 0.29) is 6.54 Å². The number of nitrogens with one attached hydrogen (secondary N) is 2. The molecule has 0 bridgehead atoms. The zero-order valence-corrected chi connectivity index (χ0v) is 17.4. The molecule has 144 valence electrons. The first-order chi connectivity index (χ1) is 14.2. The van der Waals surface area contributed by atoms with Crippen LogP contribution in [-0.4, -0.2) is 15.2 Å². The predicted octanol–water partition coefficient (Wildman–Crippen LogP) is 4.64. The van der Waals surface area contributed by atoms with Crippen molar-refractivity contribution in [3.05, 3.63) is 75.6 Å². The highest BCUT2D eigenvalue weighted by Gasteiger charge is 2.24. The first-order valence-electron chi connectivity index (χ1n) is 9.17. The summed E-state index contributed by atoms with van der Waals surface area (Å²) in [7, 11) is 0. The number of nitriles is 1. The highest BCUT2D eigenvalue weighted by Crippen LogP contribution is 2.42. The van der Waals surface area contributed by atoms with Crippen LogP contribution in [0.2, 0.25) is 0 Å². The Bertz CT molecular complexity index is 1220. The topological polar surface area (TPSA) is 103 Å². The lowest BCUT2D eigenvalue weighted by atomic mass is 9.88. The van der Waals surface area contributed by atoms with Gasteiger partial charge < -0.3 is 11.1 Å². The van der Waals surface area contributed by atoms with Crippen LogP contribution in [0.15, 0.2) is 53.4 Å². The van der Waals surface area contributed by atoms with Crippen molar-refractivity contribution in [1.82, 2.24) is 15.2 Å². The largest absolute Gasteiger partial charge is 0.378 e. The molecule has 0 spiro atoms. The Balaban J connectivity index is 2.00. The van der Waals surface area contributed by atoms with E-state index in [0.29, 0.717) is 23.3 Å². The molecule has 0 unspecified atom stereocenters. The highest BCUT2D eigenvalue weighted by molar-refractivity contribution is 9.10. The van der Waals surface area contributed by atoms with E-state index in [0.717, 1.165) is 37.8 Å². The average molecular weight is 447 g/mol. The van der Waals surface area contributed by atoms with Crippen molar-refractivity contribution in [3.63, 3.8) is 0 Å². The van der Waals surface area contributed by atoms with Gasteiger partial charge in [0.05, 0.1) is 11.3 Å². The quantitative estimate of drug-likeness (QED) is 0.414. The van der Waals surface area contributed by atoms with Crippen LogP contribution in [0.3, 0.4) is 0 Å². The van der Waals surface area contributed by atoms with Crippen LogP contribution in [0.1, 0.15) is 22.3 Å². The van der Waals surface area contributed by atoms with Gasteiger partial charge in [0, 0.05) is 36.4 Å². The first kappa shape index (κ1) is 19.1. The molecule has 0 fully saturated rings. The molecule has 2 heterocycles. The smallest absolute Gasteiger partial charge is 0.118 e. The maximum Gasteiger partial charge on any atom is 0.118 e. The van der Waals surface area contributed by atoms with Crippen LogP contribution >= 0.6 is 15.9 Å². The van der Waals surface area contributed by atoms with E-state index < -0.39 is 0 Å². The molecule has 4 rings (SSSR count). The number of aromatic amines is 1. The van der Waals surface area contributed by atoms with Gasteiger partial charge in [-0.15, -0.1) is 0 Å². The summed E-state index contributed by atoms with van der Waals surface area (Å²) < 4.78 is 0.747. The Labute approximate surface area is 176 Å². The zero-order chi connectivity index (χ0) is 20.4. The monoisotopic (exact) mass is 446 g/mol. The number of aromatic nitrogens is 3. The van der Waals surface area contributed by atoms with Crippen LogP contribution < -0.4 is 11.1 Å². The second-order valence-corrected chi connectivity index (χ2v) is 7.50. The lowest BCUT2D eigenvalue weighted by Gasteiger charge is -2.18. The second-order valence-electron chi connectivity index (χ2n) is 6.71. The molecule has 0 saturated heterocycles. The SMILES string of the molecule is Cc1ccccc1-c1c(C#N)c(NCc2cccnc2)c2n[nH]c(Br)c2c1CN. The molecular weight excluding hydrogens is 428 g/mol. The predicted molar refractivity (Wildman–Crippen MR) is 118 cm³/mol. The molecule has 2 aromatic carbocycles. The fourth-order valence-corrected chi connectivity index (χ4v) is 4.14. The van der Waals surface area contributed by atoms with E-state index in [2.05, 4.69) is 42.5 Å². The zero-order valence-electron chi connectivity index (χ0n) is 15.8. The summed E-state index contributed by atoms with van der Waals surface area (Å²) in [6.45, 7) is 2.85. The summed E-state index contributed by atoms with van der Waals surface area (Å²) in [4.78, 5) is 4.16. The van der Waals surface area contributed by atoms with E-state index in [1.54, 1.807) is 12.4 Å². The summed E-state index contributed by atoms with van der Waals surface area (Å²) in [5.41, 5.74) is 12.9. The van der Waals surface area contributed by atoms with E-state index in [4.69, 9.17) is 5.73 Å². The van der Waals surface area contributed by atoms with Crippen LogP contribution in [0.25, 0.3) is 22.0 Å². The number of fused-ring (bicyclic) bond motifs is 1. The molecule has 6 nitrogen and oxygen atoms in total. The average Bonchev–Trinajstić information content (AvgIpc) is 3.13. The minimum absolute atomic E-state index is 0.288. The number of hydrogen-bond donors (Lipinski definition) is 3. The van der Waals surface area contributed by atoms with Crippen LogP contribution in [0.4, 0.5) is 5.69 Å². The van der Waals surface area contributed by atoms with Crippen molar-refractivity contribution in [2.24, 2.45) is 5.73 Å². The van der Waals surface area contributed by atoms with Gasteiger partial charge in [0.15, 0.2) is 0 Å². The Kier molecular flexibility index (Phi) is 5.30. The third-order valence-corrected chi connectivity index (χ3v) is 5.56. The van der Waals surface area contributed by atoms with Gasteiger partial charge in [0.25, 0.3) is 0 Å². The number of hydrogen-bond acceptors (Lipinski definition) is 5. The molecule has 0 saturated carbocycles. The molecule has 0 aliphatic carbocycles. The Morgan fingerprint density at radius 1 is 1.24 bits per heavy atom. The van der Waals surface area contributed by atoms with Gasteiger partial charge in [0.2, 0.25) is 0 Å². The molecule has 0 amide bonds. The summed E-state index contributed by atoms with van der Waals surface area (Å²) in [5.74, 6) is 0. The van der Waals surface area contributed by atoms with Gasteiger partial charge in [-0.1, -0.05) is 30.3 Å². The third-order valence-electron chi connectivity index (χ3n) is 4.98. The summed E-state index contributed by atoms with van der Waals surface area (Å²) >= 11 is 3.57. The Morgan fingerprint density at radius 3 is 2.76 bits per heavy atom. The van der Waals surface area contributed by atoms with Gasteiger partial charge in [-0.05, 0) is 51.2 Å². The van der Waals surface area contributed by atoms with E-state index in [1.807, 2.05) is 43.3 Å². The number of pyridine rings is 1. The molecule has 4 N–H and O–H groups in total. The maximum atomic E-state index is 10.1. The van der Waals surface area contributed by atoms with Crippen LogP contribution in [0.5, 0.6) is 0 Å². The lowest BCUT2D eigenvalue weighted by molar-refractivity contribution is 1.08. The minimum atomic E-state index is 0.288. The Hall–Kier alpha value is -3.21. The molecule has 7 heteroatoms. The summed E-state index contributed by atoms with van der Waals surface area (Å²) in [6.07, 6.45) is 3.53. The van der Waals surface area contributed by atoms with E-state index >= 15 is 0 Å². The normalized spacial score (nSPS) is 10.8. The molecule has 0 aliphatic rings. The van der Waals surface area contributed by atoms with Crippen molar-refractivity contribution in [2.45, 2.75) is 20.0 Å². The number of aryl methyl sites for hydroxylation is 1. The number of benzene rings is 2. The maximum absolute atomic E-state index is 10.1. The third kappa shape index (κ3) is 3.37. The number of anilines is 1. The molecule has 29 heavy (non-hydrogen) atoms. The van der Waals surface area contributed by atoms with Gasteiger partial charge in [-0.2, -0.15) is 10.4 Å². The van der Waals surface area contributed by atoms with Crippen LogP contribution in [0, 0.1) is 18.3 Å². The van der Waals surface area contributed by atoms with Crippen molar-refractivity contribution in [1.29, 1.82) is 5.26 Å². The standard InChI is InChI=1S/C22H19BrN6/c1-13-5-2-3-7-15(13)18-16(9-24)19-21(28-29-22(19)23)20(17(18)10-25)27-12-14-6-4-8-26-11-14/h2-8,11,27H,9,12,24H2,1H3,(H,28,29). The Morgan fingerprint density at radius 2 is 2.07 bits per heavy atom. The van der Waals surface area contributed by atoms with Crippen molar-refractivity contribution < 1.29 is 0 Å². The number of rotatable bonds is 5. The molecule has 0 aliphatic heterocycles. The van der Waals surface area contributed by atoms with Crippen LogP contribution in [-0.2, 0) is 13.1 Å². The first-order valence-corrected chi connectivity index (χ1v) is 9.96. The molecule has 0 atom stereocenters. The van der Waals surface area contributed by atoms with Gasteiger partial charge in [-0.25, -0.2) is 0 Å². The molecule has 2 aromatic heterocycles. The van der Waals surface area contributed by atoms with Gasteiger partial charge in [0.1, 0.15) is 16.2 Å². The summed E-state index contributed by atoms with van der Waals surface area (Å²) in [5, 5.41) is 21.9. The van der Waals surface area contributed by atoms with Crippen molar-refractivity contribution in [2.75, 3.05) is 5.32 Å². The molecular formula is C22H19BrN6. The van der Waals surface area contributed by atoms with E-state index in [9.17, 15) is 5.26 Å². The van der Waals surface area contributed by atoms with Gasteiger partial charge in [-0.3, -0.25) is 10.1 Å². The molecule has 4 aromatic rings. The lowest BCUT2D eigenvalue weighted by Crippen LogP contribution is -2.08. The fourth-order valence-electron chi connectivity index (χ4n) is 3.63. The summed E-state index contributed by atoms with van der Waals surface area (Å²) in [6, 6.07) is 14.3. The number of nitrogens with two attached hydrogens (primary N) is 1. The van der Waals surface area contributed by atoms with Gasteiger partial charge >= 0.3 is 0 Å². The second kappa shape index (κ2) is 8.03. The number of H-pyrrole nitrogens is 1. The van der Waals surface area contributed by atoms with E-state index in [1.165, 1.54) is 0 Å². The number of halogens is 1. The van der Waals surface area contributed by atoms with Crippen molar-refractivity contribution in [3.8, 4) is 17.2 Å². The fraction of sp³-hybridized carbons (Fsp3) is 0.136.